The summed E-state index contributed by atoms with van der Waals surface area (Å²) in [6, 6.07) is -0.656. The van der Waals surface area contributed by atoms with E-state index in [-0.39, 0.29) is 11.7 Å². The van der Waals surface area contributed by atoms with Crippen LogP contribution in [0.25, 0.3) is 0 Å². The van der Waals surface area contributed by atoms with Crippen molar-refractivity contribution in [2.45, 2.75) is 57.1 Å². The van der Waals surface area contributed by atoms with E-state index in [1.807, 2.05) is 6.92 Å². The number of ether oxygens (including phenoxy) is 1. The lowest BCUT2D eigenvalue weighted by atomic mass is 9.93. The zero-order valence-electron chi connectivity index (χ0n) is 18.6. The molecule has 2 amide bonds. The normalized spacial score (nSPS) is 32.3. The van der Waals surface area contributed by atoms with Crippen LogP contribution in [-0.2, 0) is 4.74 Å². The Hall–Kier alpha value is -3.08. The van der Waals surface area contributed by atoms with Crippen LogP contribution in [0.2, 0.25) is 0 Å². The summed E-state index contributed by atoms with van der Waals surface area (Å²) in [5.74, 6) is -5.75. The summed E-state index contributed by atoms with van der Waals surface area (Å²) in [4.78, 5) is 40.5. The number of carbonyl (C=O) groups is 2. The molecule has 2 aliphatic carbocycles. The number of hydrogen-bond donors (Lipinski definition) is 2. The number of amides is 2. The number of fused-ring (bicyclic) bond motifs is 2. The summed E-state index contributed by atoms with van der Waals surface area (Å²) in [6.07, 6.45) is 1.93. The fraction of sp³-hybridized carbons (Fsp3) is 0.522. The SMILES string of the molecule is CC1C(F)=C(CNC(=O)c2cn3c(c(O)c2=O)C(=O)N2[C@H](C)CO[C@]24CCC[C@H]34)C(F)=CC1F. The van der Waals surface area contributed by atoms with Crippen LogP contribution in [0.4, 0.5) is 13.2 Å². The molecule has 5 rings (SSSR count). The second kappa shape index (κ2) is 7.72. The van der Waals surface area contributed by atoms with Gasteiger partial charge >= 0.3 is 0 Å². The molecule has 1 spiro atoms. The molecule has 5 atom stereocenters. The molecule has 1 aromatic heterocycles. The van der Waals surface area contributed by atoms with E-state index in [2.05, 4.69) is 5.32 Å². The standard InChI is InChI=1S/C23H24F3N3O5/c1-10-9-34-23-5-3-4-16(23)28-8-13(19(30)20(31)18(28)22(33)29(10)23)21(32)27-7-12-15(25)6-14(24)11(2)17(12)26/h6,8,10-11,14,16,31H,3-5,7,9H2,1-2H3,(H,27,32)/t10-,11?,14?,16+,23+/m1/s1. The highest BCUT2D eigenvalue weighted by atomic mass is 19.2. The van der Waals surface area contributed by atoms with Crippen LogP contribution in [0.15, 0.2) is 34.3 Å². The largest absolute Gasteiger partial charge is 0.503 e. The monoisotopic (exact) mass is 479 g/mol. The van der Waals surface area contributed by atoms with Crippen LogP contribution < -0.4 is 10.7 Å². The average molecular weight is 479 g/mol. The summed E-state index contributed by atoms with van der Waals surface area (Å²) in [6.45, 7) is 2.77. The lowest BCUT2D eigenvalue weighted by Crippen LogP contribution is -2.58. The molecule has 4 aliphatic rings. The molecule has 2 unspecified atom stereocenters. The van der Waals surface area contributed by atoms with Gasteiger partial charge < -0.3 is 24.6 Å². The number of nitrogens with one attached hydrogen (secondary N) is 1. The quantitative estimate of drug-likeness (QED) is 0.694. The van der Waals surface area contributed by atoms with Crippen LogP contribution in [0.5, 0.6) is 5.75 Å². The molecule has 182 valence electrons. The highest BCUT2D eigenvalue weighted by Gasteiger charge is 2.60. The molecule has 3 heterocycles. The molecule has 2 aliphatic heterocycles. The first kappa shape index (κ1) is 22.7. The Morgan fingerprint density at radius 3 is 2.79 bits per heavy atom. The summed E-state index contributed by atoms with van der Waals surface area (Å²) in [5, 5.41) is 12.9. The molecule has 1 saturated heterocycles. The third kappa shape index (κ3) is 2.98. The second-order valence-corrected chi connectivity index (χ2v) is 9.32. The predicted molar refractivity (Wildman–Crippen MR) is 113 cm³/mol. The van der Waals surface area contributed by atoms with Gasteiger partial charge in [0.15, 0.2) is 17.2 Å². The highest BCUT2D eigenvalue weighted by Crippen LogP contribution is 2.52. The second-order valence-electron chi connectivity index (χ2n) is 9.32. The number of halogens is 3. The minimum atomic E-state index is -1.82. The topological polar surface area (TPSA) is 101 Å². The van der Waals surface area contributed by atoms with Gasteiger partial charge in [0.05, 0.1) is 18.7 Å². The summed E-state index contributed by atoms with van der Waals surface area (Å²) in [7, 11) is 0. The molecule has 1 saturated carbocycles. The van der Waals surface area contributed by atoms with E-state index in [9.17, 15) is 32.7 Å². The maximum atomic E-state index is 14.4. The first-order valence-electron chi connectivity index (χ1n) is 11.2. The van der Waals surface area contributed by atoms with Crippen LogP contribution in [0.1, 0.15) is 60.0 Å². The summed E-state index contributed by atoms with van der Waals surface area (Å²) >= 11 is 0. The van der Waals surface area contributed by atoms with Gasteiger partial charge in [-0.15, -0.1) is 0 Å². The summed E-state index contributed by atoms with van der Waals surface area (Å²) in [5.41, 5.74) is -3.18. The number of pyridine rings is 1. The van der Waals surface area contributed by atoms with Gasteiger partial charge in [-0.05, 0) is 32.3 Å². The molecule has 0 aromatic carbocycles. The van der Waals surface area contributed by atoms with Crippen molar-refractivity contribution in [1.29, 1.82) is 0 Å². The lowest BCUT2D eigenvalue weighted by molar-refractivity contribution is -0.101. The Balaban J connectivity index is 1.50. The fourth-order valence-corrected chi connectivity index (χ4v) is 5.60. The maximum Gasteiger partial charge on any atom is 0.277 e. The lowest BCUT2D eigenvalue weighted by Gasteiger charge is -2.45. The molecule has 8 nitrogen and oxygen atoms in total. The van der Waals surface area contributed by atoms with Crippen LogP contribution >= 0.6 is 0 Å². The molecule has 11 heteroatoms. The molecular formula is C23H24F3N3O5. The average Bonchev–Trinajstić information content (AvgIpc) is 3.37. The Morgan fingerprint density at radius 1 is 1.32 bits per heavy atom. The van der Waals surface area contributed by atoms with Crippen LogP contribution in [-0.4, -0.2) is 57.5 Å². The minimum Gasteiger partial charge on any atom is -0.503 e. The maximum absolute atomic E-state index is 14.4. The smallest absolute Gasteiger partial charge is 0.277 e. The van der Waals surface area contributed by atoms with Crippen molar-refractivity contribution in [3.8, 4) is 5.75 Å². The first-order chi connectivity index (χ1) is 16.1. The Kier molecular flexibility index (Phi) is 5.16. The number of hydrogen-bond acceptors (Lipinski definition) is 5. The van der Waals surface area contributed by atoms with Crippen molar-refractivity contribution in [1.82, 2.24) is 14.8 Å². The van der Waals surface area contributed by atoms with E-state index in [1.54, 1.807) is 4.90 Å². The fourth-order valence-electron chi connectivity index (χ4n) is 5.60. The zero-order chi connectivity index (χ0) is 24.5. The summed E-state index contributed by atoms with van der Waals surface area (Å²) < 4.78 is 49.6. The van der Waals surface area contributed by atoms with Gasteiger partial charge in [0.25, 0.3) is 11.8 Å². The third-order valence-corrected chi connectivity index (χ3v) is 7.35. The number of allylic oxidation sites excluding steroid dienone is 2. The molecule has 0 bridgehead atoms. The van der Waals surface area contributed by atoms with Gasteiger partial charge in [0.2, 0.25) is 5.43 Å². The number of rotatable bonds is 3. The molecule has 2 fully saturated rings. The molecule has 1 aromatic rings. The van der Waals surface area contributed by atoms with Crippen molar-refractivity contribution in [3.63, 3.8) is 0 Å². The number of aromatic nitrogens is 1. The van der Waals surface area contributed by atoms with Gasteiger partial charge in [-0.25, -0.2) is 13.2 Å². The van der Waals surface area contributed by atoms with Crippen molar-refractivity contribution < 1.29 is 32.6 Å². The van der Waals surface area contributed by atoms with E-state index in [4.69, 9.17) is 4.74 Å². The number of carbonyl (C=O) groups excluding carboxylic acids is 2. The van der Waals surface area contributed by atoms with Gasteiger partial charge in [-0.1, -0.05) is 6.92 Å². The first-order valence-corrected chi connectivity index (χ1v) is 11.2. The van der Waals surface area contributed by atoms with Gasteiger partial charge in [-0.2, -0.15) is 0 Å². The van der Waals surface area contributed by atoms with Crippen molar-refractivity contribution in [2.24, 2.45) is 5.92 Å². The number of nitrogens with zero attached hydrogens (tertiary/aromatic N) is 2. The van der Waals surface area contributed by atoms with Crippen molar-refractivity contribution >= 4 is 11.8 Å². The predicted octanol–water partition coefficient (Wildman–Crippen LogP) is 2.64. The van der Waals surface area contributed by atoms with Gasteiger partial charge in [0.1, 0.15) is 23.4 Å². The van der Waals surface area contributed by atoms with Crippen LogP contribution in [0, 0.1) is 5.92 Å². The van der Waals surface area contributed by atoms with Crippen LogP contribution in [0.3, 0.4) is 0 Å². The molecule has 34 heavy (non-hydrogen) atoms. The number of aromatic hydroxyl groups is 1. The molecule has 0 radical (unpaired) electrons. The molecule has 2 N–H and O–H groups in total. The van der Waals surface area contributed by atoms with Gasteiger partial charge in [0, 0.05) is 24.2 Å². The zero-order valence-corrected chi connectivity index (χ0v) is 18.6. The highest BCUT2D eigenvalue weighted by molar-refractivity contribution is 6.00. The van der Waals surface area contributed by atoms with Gasteiger partial charge in [-0.3, -0.25) is 14.4 Å². The van der Waals surface area contributed by atoms with Crippen molar-refractivity contribution in [3.05, 3.63) is 51.0 Å². The Bertz CT molecular complexity index is 1220. The van der Waals surface area contributed by atoms with E-state index in [1.165, 1.54) is 17.7 Å². The van der Waals surface area contributed by atoms with E-state index >= 15 is 0 Å². The van der Waals surface area contributed by atoms with E-state index in [0.29, 0.717) is 25.5 Å². The third-order valence-electron chi connectivity index (χ3n) is 7.35. The van der Waals surface area contributed by atoms with E-state index < -0.39 is 76.2 Å². The minimum absolute atomic E-state index is 0.209. The van der Waals surface area contributed by atoms with Crippen molar-refractivity contribution in [2.75, 3.05) is 13.2 Å². The number of alkyl halides is 1. The molecular weight excluding hydrogens is 455 g/mol. The Labute approximate surface area is 192 Å². The van der Waals surface area contributed by atoms with E-state index in [0.717, 1.165) is 6.42 Å². The Morgan fingerprint density at radius 2 is 2.06 bits per heavy atom.